The first kappa shape index (κ1) is 17.6. The summed E-state index contributed by atoms with van der Waals surface area (Å²) in [6.45, 7) is 0. The Hall–Kier alpha value is 0.237. The molecule has 5 nitrogen and oxygen atoms in total. The molecular formula is C7H16ClN2O3SSi. The molecule has 0 aliphatic rings. The monoisotopic (exact) mass is 271 g/mol. The van der Waals surface area contributed by atoms with Crippen molar-refractivity contribution in [2.24, 2.45) is 0 Å². The maximum Gasteiger partial charge on any atom is 0.266 e. The Morgan fingerprint density at radius 3 is 2.20 bits per heavy atom. The van der Waals surface area contributed by atoms with Crippen LogP contribution in [0.25, 0.3) is 0 Å². The summed E-state index contributed by atoms with van der Waals surface area (Å²) >= 11 is 4.80. The number of methoxy groups -OCH3 is 3. The molecule has 0 aromatic carbocycles. The SMILES string of the molecule is COC(CC([Si])(OC)OC)NC([NH3+])=S.[Cl-]. The van der Waals surface area contributed by atoms with Crippen LogP contribution < -0.4 is 23.5 Å². The van der Waals surface area contributed by atoms with Crippen molar-refractivity contribution in [2.45, 2.75) is 18.1 Å². The van der Waals surface area contributed by atoms with E-state index in [1.807, 2.05) is 0 Å². The Bertz CT molecular complexity index is 195. The van der Waals surface area contributed by atoms with Crippen LogP contribution >= 0.6 is 12.2 Å². The molecule has 89 valence electrons. The summed E-state index contributed by atoms with van der Waals surface area (Å²) in [5.41, 5.74) is 2.67. The smallest absolute Gasteiger partial charge is 0.266 e. The standard InChI is InChI=1S/C7H15N2O3SSi.ClH/c1-10-5(9-6(8)13)4-7(14,11-2)12-3;/h5H,4H2,1-3H3,(H3,8,9,13);1H. The summed E-state index contributed by atoms with van der Waals surface area (Å²) in [4.78, 5) is 0. The van der Waals surface area contributed by atoms with Crippen LogP contribution in [-0.4, -0.2) is 48.3 Å². The lowest BCUT2D eigenvalue weighted by molar-refractivity contribution is -0.221. The Morgan fingerprint density at radius 1 is 1.47 bits per heavy atom. The van der Waals surface area contributed by atoms with Crippen LogP contribution in [0.15, 0.2) is 0 Å². The fourth-order valence-corrected chi connectivity index (χ4v) is 1.18. The van der Waals surface area contributed by atoms with Gasteiger partial charge in [0.05, 0.1) is 0 Å². The van der Waals surface area contributed by atoms with E-state index in [4.69, 9.17) is 26.4 Å². The van der Waals surface area contributed by atoms with Gasteiger partial charge in [0, 0.05) is 40.0 Å². The second kappa shape index (κ2) is 8.40. The molecular weight excluding hydrogens is 256 g/mol. The Kier molecular flexibility index (Phi) is 9.87. The highest BCUT2D eigenvalue weighted by Gasteiger charge is 2.28. The fourth-order valence-electron chi connectivity index (χ4n) is 0.867. The van der Waals surface area contributed by atoms with Gasteiger partial charge in [-0.3, -0.25) is 0 Å². The van der Waals surface area contributed by atoms with Crippen LogP contribution in [0, 0.1) is 0 Å². The molecule has 0 aliphatic carbocycles. The predicted molar refractivity (Wildman–Crippen MR) is 56.5 cm³/mol. The first-order valence-corrected chi connectivity index (χ1v) is 4.89. The van der Waals surface area contributed by atoms with E-state index in [0.717, 1.165) is 0 Å². The molecule has 0 fully saturated rings. The van der Waals surface area contributed by atoms with Crippen molar-refractivity contribution < 1.29 is 32.4 Å². The van der Waals surface area contributed by atoms with Crippen molar-refractivity contribution in [3.8, 4) is 0 Å². The second-order valence-electron chi connectivity index (χ2n) is 2.66. The van der Waals surface area contributed by atoms with Crippen molar-refractivity contribution in [2.75, 3.05) is 21.3 Å². The highest BCUT2D eigenvalue weighted by atomic mass is 35.5. The van der Waals surface area contributed by atoms with E-state index in [0.29, 0.717) is 11.5 Å². The first-order chi connectivity index (χ1) is 6.47. The number of halogens is 1. The second-order valence-corrected chi connectivity index (χ2v) is 3.91. The number of hydrogen-bond acceptors (Lipinski definition) is 4. The van der Waals surface area contributed by atoms with Gasteiger partial charge >= 0.3 is 0 Å². The zero-order valence-electron chi connectivity index (χ0n) is 9.00. The molecule has 8 heteroatoms. The highest BCUT2D eigenvalue weighted by Crippen LogP contribution is 2.14. The van der Waals surface area contributed by atoms with E-state index in [1.54, 1.807) is 7.11 Å². The fraction of sp³-hybridized carbons (Fsp3) is 0.857. The molecule has 0 saturated carbocycles. The molecule has 15 heavy (non-hydrogen) atoms. The minimum Gasteiger partial charge on any atom is -1.00 e. The number of thiocarbonyl (C=S) groups is 1. The summed E-state index contributed by atoms with van der Waals surface area (Å²) < 4.78 is 15.3. The van der Waals surface area contributed by atoms with Crippen LogP contribution in [0.1, 0.15) is 6.42 Å². The zero-order valence-corrected chi connectivity index (χ0v) is 11.6. The van der Waals surface area contributed by atoms with Gasteiger partial charge in [0.1, 0.15) is 21.9 Å². The molecule has 4 N–H and O–H groups in total. The summed E-state index contributed by atoms with van der Waals surface area (Å²) in [5, 5.41) is 3.28. The van der Waals surface area contributed by atoms with Crippen LogP contribution in [0.3, 0.4) is 0 Å². The molecule has 0 heterocycles. The van der Waals surface area contributed by atoms with Gasteiger partial charge in [-0.05, 0) is 0 Å². The van der Waals surface area contributed by atoms with E-state index in [1.165, 1.54) is 14.2 Å². The van der Waals surface area contributed by atoms with Gasteiger partial charge in [-0.15, -0.1) is 0 Å². The van der Waals surface area contributed by atoms with Gasteiger partial charge < -0.3 is 37.7 Å². The number of hydrogen-bond donors (Lipinski definition) is 2. The van der Waals surface area contributed by atoms with Crippen LogP contribution in [0.4, 0.5) is 0 Å². The lowest BCUT2D eigenvalue weighted by Crippen LogP contribution is -3.00. The van der Waals surface area contributed by atoms with E-state index in [9.17, 15) is 0 Å². The third-order valence-corrected chi connectivity index (χ3v) is 2.45. The van der Waals surface area contributed by atoms with Crippen molar-refractivity contribution in [3.63, 3.8) is 0 Å². The maximum absolute atomic E-state index is 5.13. The normalized spacial score (nSPS) is 12.9. The molecule has 1 atom stereocenters. The lowest BCUT2D eigenvalue weighted by atomic mass is 10.3. The molecule has 0 saturated heterocycles. The average Bonchev–Trinajstić information content (AvgIpc) is 2.16. The molecule has 0 bridgehead atoms. The minimum absolute atomic E-state index is 0. The summed E-state index contributed by atoms with van der Waals surface area (Å²) in [7, 11) is 7.97. The van der Waals surface area contributed by atoms with E-state index >= 15 is 0 Å². The largest absolute Gasteiger partial charge is 1.00 e. The molecule has 0 spiro atoms. The summed E-state index contributed by atoms with van der Waals surface area (Å²) in [6.07, 6.45) is 0.126. The van der Waals surface area contributed by atoms with Crippen molar-refractivity contribution in [3.05, 3.63) is 0 Å². The molecule has 0 aliphatic heterocycles. The molecule has 1 unspecified atom stereocenters. The topological polar surface area (TPSA) is 67.4 Å². The van der Waals surface area contributed by atoms with E-state index in [2.05, 4.69) is 21.3 Å². The van der Waals surface area contributed by atoms with Gasteiger partial charge in [0.25, 0.3) is 5.11 Å². The van der Waals surface area contributed by atoms with Crippen LogP contribution in [0.2, 0.25) is 0 Å². The number of nitrogens with one attached hydrogen (secondary N) is 1. The quantitative estimate of drug-likeness (QED) is 0.290. The van der Waals surface area contributed by atoms with E-state index in [-0.39, 0.29) is 18.6 Å². The first-order valence-electron chi connectivity index (χ1n) is 3.98. The molecule has 0 aromatic rings. The van der Waals surface area contributed by atoms with Crippen molar-refractivity contribution in [1.29, 1.82) is 0 Å². The predicted octanol–water partition coefficient (Wildman–Crippen LogP) is -4.42. The van der Waals surface area contributed by atoms with Gasteiger partial charge in [0.15, 0.2) is 0 Å². The van der Waals surface area contributed by atoms with Crippen LogP contribution in [-0.2, 0) is 14.2 Å². The molecule has 0 rings (SSSR count). The van der Waals surface area contributed by atoms with Gasteiger partial charge in [-0.25, -0.2) is 0 Å². The molecule has 0 aromatic heterocycles. The van der Waals surface area contributed by atoms with Gasteiger partial charge in [0.2, 0.25) is 0 Å². The number of ether oxygens (including phenoxy) is 3. The molecule has 3 radical (unpaired) electrons. The third kappa shape index (κ3) is 7.18. The highest BCUT2D eigenvalue weighted by molar-refractivity contribution is 7.79. The zero-order chi connectivity index (χ0) is 11.2. The summed E-state index contributed by atoms with van der Waals surface area (Å²) in [5.74, 6) is 0. The van der Waals surface area contributed by atoms with Gasteiger partial charge in [-0.1, -0.05) is 0 Å². The van der Waals surface area contributed by atoms with Crippen molar-refractivity contribution >= 4 is 27.6 Å². The maximum atomic E-state index is 5.13. The number of quaternary nitrogens is 1. The van der Waals surface area contributed by atoms with Gasteiger partial charge in [-0.2, -0.15) is 0 Å². The van der Waals surface area contributed by atoms with Crippen LogP contribution in [0.5, 0.6) is 0 Å². The minimum atomic E-state index is -0.877. The lowest BCUT2D eigenvalue weighted by Gasteiger charge is -2.30. The number of rotatable bonds is 6. The Balaban J connectivity index is 0. The third-order valence-electron chi connectivity index (χ3n) is 1.72. The van der Waals surface area contributed by atoms with E-state index < -0.39 is 5.41 Å². The molecule has 0 amide bonds. The Morgan fingerprint density at radius 2 is 1.93 bits per heavy atom. The Labute approximate surface area is 105 Å². The van der Waals surface area contributed by atoms with Crippen molar-refractivity contribution in [1.82, 2.24) is 5.32 Å². The summed E-state index contributed by atoms with van der Waals surface area (Å²) in [6, 6.07) is 0. The average molecular weight is 272 g/mol.